The Morgan fingerprint density at radius 2 is 2.12 bits per heavy atom. The summed E-state index contributed by atoms with van der Waals surface area (Å²) in [6.45, 7) is 2.02. The van der Waals surface area contributed by atoms with Gasteiger partial charge in [0.05, 0.1) is 23.0 Å². The summed E-state index contributed by atoms with van der Waals surface area (Å²) in [7, 11) is 1.46. The van der Waals surface area contributed by atoms with Crippen LogP contribution in [0, 0.1) is 17.0 Å². The Morgan fingerprint density at radius 1 is 1.33 bits per heavy atom. The van der Waals surface area contributed by atoms with E-state index < -0.39 is 4.92 Å². The van der Waals surface area contributed by atoms with Gasteiger partial charge in [-0.3, -0.25) is 14.9 Å². The van der Waals surface area contributed by atoms with Crippen molar-refractivity contribution in [1.29, 1.82) is 0 Å². The number of anilines is 1. The summed E-state index contributed by atoms with van der Waals surface area (Å²) in [5, 5.41) is 13.4. The normalized spacial score (nSPS) is 15.7. The zero-order chi connectivity index (χ0) is 17.3. The third-order valence-corrected chi connectivity index (χ3v) is 5.14. The summed E-state index contributed by atoms with van der Waals surface area (Å²) >= 11 is 1.51. The Balaban J connectivity index is 1.78. The maximum Gasteiger partial charge on any atom is 0.271 e. The van der Waals surface area contributed by atoms with Gasteiger partial charge in [0.25, 0.3) is 5.69 Å². The van der Waals surface area contributed by atoms with E-state index in [1.54, 1.807) is 0 Å². The van der Waals surface area contributed by atoms with Gasteiger partial charge in [0.2, 0.25) is 5.91 Å². The molecule has 1 atom stereocenters. The number of nitrogens with zero attached hydrogens (tertiary/aromatic N) is 1. The van der Waals surface area contributed by atoms with Crippen LogP contribution < -0.4 is 10.1 Å². The second-order valence-electron chi connectivity index (χ2n) is 5.55. The molecular formula is C17H16N2O4S. The first kappa shape index (κ1) is 16.3. The number of benzene rings is 2. The van der Waals surface area contributed by atoms with Crippen LogP contribution in [0.25, 0.3) is 0 Å². The monoisotopic (exact) mass is 344 g/mol. The highest BCUT2D eigenvalue weighted by atomic mass is 32.2. The number of methoxy groups -OCH3 is 1. The van der Waals surface area contributed by atoms with E-state index in [1.807, 2.05) is 19.1 Å². The molecule has 124 valence electrons. The number of hydrogen-bond acceptors (Lipinski definition) is 5. The lowest BCUT2D eigenvalue weighted by molar-refractivity contribution is -0.384. The summed E-state index contributed by atoms with van der Waals surface area (Å²) in [5.74, 6) is 0.206. The van der Waals surface area contributed by atoms with Crippen molar-refractivity contribution in [3.05, 3.63) is 57.6 Å². The SMILES string of the molecule is COc1ccc([N+](=O)[O-])cc1NC(=O)C1Cc2ccc(C)cc2S1. The van der Waals surface area contributed by atoms with E-state index in [0.29, 0.717) is 17.9 Å². The van der Waals surface area contributed by atoms with Gasteiger partial charge in [-0.15, -0.1) is 11.8 Å². The number of hydrogen-bond donors (Lipinski definition) is 1. The molecule has 1 aliphatic rings. The van der Waals surface area contributed by atoms with Crippen molar-refractivity contribution >= 4 is 29.0 Å². The summed E-state index contributed by atoms with van der Waals surface area (Å²) < 4.78 is 5.18. The summed E-state index contributed by atoms with van der Waals surface area (Å²) in [5.41, 5.74) is 2.52. The molecule has 3 rings (SSSR count). The number of non-ortho nitro benzene ring substituents is 1. The molecule has 1 unspecified atom stereocenters. The molecular weight excluding hydrogens is 328 g/mol. The predicted octanol–water partition coefficient (Wildman–Crippen LogP) is 3.57. The van der Waals surface area contributed by atoms with Gasteiger partial charge in [-0.05, 0) is 31.0 Å². The van der Waals surface area contributed by atoms with Crippen LogP contribution in [0.5, 0.6) is 5.75 Å². The first-order chi connectivity index (χ1) is 11.5. The zero-order valence-electron chi connectivity index (χ0n) is 13.2. The number of thioether (sulfide) groups is 1. The van der Waals surface area contributed by atoms with Crippen LogP contribution in [0.15, 0.2) is 41.3 Å². The van der Waals surface area contributed by atoms with Crippen molar-refractivity contribution in [2.75, 3.05) is 12.4 Å². The topological polar surface area (TPSA) is 81.5 Å². The van der Waals surface area contributed by atoms with Crippen molar-refractivity contribution in [1.82, 2.24) is 0 Å². The lowest BCUT2D eigenvalue weighted by atomic mass is 10.1. The fraction of sp³-hybridized carbons (Fsp3) is 0.235. The Bertz CT molecular complexity index is 822. The first-order valence-electron chi connectivity index (χ1n) is 7.37. The fourth-order valence-electron chi connectivity index (χ4n) is 2.60. The van der Waals surface area contributed by atoms with Gasteiger partial charge in [0.1, 0.15) is 5.75 Å². The Kier molecular flexibility index (Phi) is 4.44. The largest absolute Gasteiger partial charge is 0.495 e. The third-order valence-electron chi connectivity index (χ3n) is 3.84. The second-order valence-corrected chi connectivity index (χ2v) is 6.80. The van der Waals surface area contributed by atoms with Crippen molar-refractivity contribution in [2.24, 2.45) is 0 Å². The van der Waals surface area contributed by atoms with Gasteiger partial charge in [-0.25, -0.2) is 0 Å². The smallest absolute Gasteiger partial charge is 0.271 e. The van der Waals surface area contributed by atoms with Gasteiger partial charge < -0.3 is 10.1 Å². The van der Waals surface area contributed by atoms with Crippen molar-refractivity contribution in [2.45, 2.75) is 23.5 Å². The molecule has 1 heterocycles. The first-order valence-corrected chi connectivity index (χ1v) is 8.25. The molecule has 0 radical (unpaired) electrons. The Morgan fingerprint density at radius 3 is 2.83 bits per heavy atom. The van der Waals surface area contributed by atoms with E-state index >= 15 is 0 Å². The van der Waals surface area contributed by atoms with E-state index in [9.17, 15) is 14.9 Å². The second kappa shape index (κ2) is 6.52. The van der Waals surface area contributed by atoms with Crippen molar-refractivity contribution in [3.63, 3.8) is 0 Å². The highest BCUT2D eigenvalue weighted by Gasteiger charge is 2.29. The molecule has 0 saturated heterocycles. The number of ether oxygens (including phenoxy) is 1. The number of nitro benzene ring substituents is 1. The average molecular weight is 344 g/mol. The average Bonchev–Trinajstić information content (AvgIpc) is 2.97. The zero-order valence-corrected chi connectivity index (χ0v) is 14.1. The lowest BCUT2D eigenvalue weighted by Crippen LogP contribution is -2.24. The van der Waals surface area contributed by atoms with E-state index in [-0.39, 0.29) is 16.8 Å². The van der Waals surface area contributed by atoms with Crippen LogP contribution >= 0.6 is 11.8 Å². The van der Waals surface area contributed by atoms with E-state index in [1.165, 1.54) is 37.1 Å². The number of nitrogens with one attached hydrogen (secondary N) is 1. The predicted molar refractivity (Wildman–Crippen MR) is 92.8 cm³/mol. The van der Waals surface area contributed by atoms with Crippen LogP contribution in [0.3, 0.4) is 0 Å². The minimum Gasteiger partial charge on any atom is -0.495 e. The molecule has 0 saturated carbocycles. The quantitative estimate of drug-likeness (QED) is 0.677. The highest BCUT2D eigenvalue weighted by Crippen LogP contribution is 2.38. The number of aryl methyl sites for hydroxylation is 1. The number of rotatable bonds is 4. The number of nitro groups is 1. The standard InChI is InChI=1S/C17H16N2O4S/c1-10-3-4-11-8-16(24-15(11)7-10)17(20)18-13-9-12(19(21)22)5-6-14(13)23-2/h3-7,9,16H,8H2,1-2H3,(H,18,20). The molecule has 0 aromatic heterocycles. The number of amides is 1. The van der Waals surface area contributed by atoms with E-state index in [0.717, 1.165) is 16.0 Å². The third kappa shape index (κ3) is 3.21. The fourth-order valence-corrected chi connectivity index (χ4v) is 3.89. The molecule has 0 aliphatic carbocycles. The van der Waals surface area contributed by atoms with Crippen LogP contribution in [0.1, 0.15) is 11.1 Å². The van der Waals surface area contributed by atoms with Crippen LogP contribution in [-0.4, -0.2) is 23.2 Å². The Hall–Kier alpha value is -2.54. The molecule has 2 aromatic carbocycles. The summed E-state index contributed by atoms with van der Waals surface area (Å²) in [6.07, 6.45) is 0.642. The number of carbonyl (C=O) groups excluding carboxylic acids is 1. The molecule has 7 heteroatoms. The number of fused-ring (bicyclic) bond motifs is 1. The van der Waals surface area contributed by atoms with Gasteiger partial charge in [0, 0.05) is 17.0 Å². The lowest BCUT2D eigenvalue weighted by Gasteiger charge is -2.13. The van der Waals surface area contributed by atoms with Crippen molar-refractivity contribution < 1.29 is 14.5 Å². The molecule has 0 fully saturated rings. The molecule has 24 heavy (non-hydrogen) atoms. The van der Waals surface area contributed by atoms with Gasteiger partial charge in [-0.2, -0.15) is 0 Å². The van der Waals surface area contributed by atoms with Gasteiger partial charge in [-0.1, -0.05) is 17.7 Å². The molecule has 1 aliphatic heterocycles. The minimum atomic E-state index is -0.502. The maximum absolute atomic E-state index is 12.6. The molecule has 1 amide bonds. The molecule has 1 N–H and O–H groups in total. The van der Waals surface area contributed by atoms with Crippen LogP contribution in [-0.2, 0) is 11.2 Å². The Labute approximate surface area is 143 Å². The molecule has 0 bridgehead atoms. The molecule has 6 nitrogen and oxygen atoms in total. The maximum atomic E-state index is 12.6. The molecule has 2 aromatic rings. The minimum absolute atomic E-state index is 0.0934. The van der Waals surface area contributed by atoms with Crippen LogP contribution in [0.2, 0.25) is 0 Å². The summed E-state index contributed by atoms with van der Waals surface area (Å²) in [6, 6.07) is 10.3. The van der Waals surface area contributed by atoms with E-state index in [2.05, 4.69) is 11.4 Å². The van der Waals surface area contributed by atoms with Crippen LogP contribution in [0.4, 0.5) is 11.4 Å². The van der Waals surface area contributed by atoms with Gasteiger partial charge >= 0.3 is 0 Å². The molecule has 0 spiro atoms. The van der Waals surface area contributed by atoms with Crippen molar-refractivity contribution in [3.8, 4) is 5.75 Å². The van der Waals surface area contributed by atoms with E-state index in [4.69, 9.17) is 4.74 Å². The highest BCUT2D eigenvalue weighted by molar-refractivity contribution is 8.01. The number of carbonyl (C=O) groups is 1. The summed E-state index contributed by atoms with van der Waals surface area (Å²) in [4.78, 5) is 24.1. The van der Waals surface area contributed by atoms with Gasteiger partial charge in [0.15, 0.2) is 0 Å².